The Morgan fingerprint density at radius 1 is 1.53 bits per heavy atom. The summed E-state index contributed by atoms with van der Waals surface area (Å²) < 4.78 is 14.7. The number of carbonyl (C=O) groups excluding carboxylic acids is 1. The van der Waals surface area contributed by atoms with Crippen molar-refractivity contribution >= 4 is 17.4 Å². The van der Waals surface area contributed by atoms with Gasteiger partial charge >= 0.3 is 0 Å². The monoisotopic (exact) mass is 252 g/mol. The average molecular weight is 253 g/mol. The predicted octanol–water partition coefficient (Wildman–Crippen LogP) is 2.93. The molecule has 0 aliphatic carbocycles. The Labute approximate surface area is 103 Å². The van der Waals surface area contributed by atoms with Gasteiger partial charge in [-0.2, -0.15) is 0 Å². The van der Waals surface area contributed by atoms with Gasteiger partial charge in [-0.1, -0.05) is 11.6 Å². The number of carbonyl (C=O) groups is 1. The summed E-state index contributed by atoms with van der Waals surface area (Å²) in [6, 6.07) is 3.89. The summed E-state index contributed by atoms with van der Waals surface area (Å²) in [5.41, 5.74) is 0.331. The SMILES string of the molecule is CCn1ccnc1C(=O)c1ccc(F)c(Cl)c1. The largest absolute Gasteiger partial charge is 0.328 e. The number of halogens is 2. The molecule has 0 fully saturated rings. The highest BCUT2D eigenvalue weighted by Crippen LogP contribution is 2.18. The summed E-state index contributed by atoms with van der Waals surface area (Å²) in [5, 5.41) is -0.0644. The molecule has 0 atom stereocenters. The van der Waals surface area contributed by atoms with Gasteiger partial charge in [-0.15, -0.1) is 0 Å². The number of benzene rings is 1. The van der Waals surface area contributed by atoms with Crippen molar-refractivity contribution in [1.29, 1.82) is 0 Å². The molecule has 0 aliphatic heterocycles. The van der Waals surface area contributed by atoms with Crippen LogP contribution in [0, 0.1) is 5.82 Å². The lowest BCUT2D eigenvalue weighted by atomic mass is 10.1. The van der Waals surface area contributed by atoms with Crippen LogP contribution in [0.3, 0.4) is 0 Å². The van der Waals surface area contributed by atoms with Crippen LogP contribution >= 0.6 is 11.6 Å². The van der Waals surface area contributed by atoms with Gasteiger partial charge in [-0.25, -0.2) is 9.37 Å². The van der Waals surface area contributed by atoms with Crippen LogP contribution in [-0.2, 0) is 6.54 Å². The fourth-order valence-electron chi connectivity index (χ4n) is 1.54. The standard InChI is InChI=1S/C12H10ClFN2O/c1-2-16-6-5-15-12(16)11(17)8-3-4-10(14)9(13)7-8/h3-7H,2H2,1H3. The van der Waals surface area contributed by atoms with Crippen molar-refractivity contribution in [3.8, 4) is 0 Å². The third-order valence-electron chi connectivity index (χ3n) is 2.44. The average Bonchev–Trinajstić information content (AvgIpc) is 2.80. The second-order valence-electron chi connectivity index (χ2n) is 3.49. The summed E-state index contributed by atoms with van der Waals surface area (Å²) in [4.78, 5) is 16.1. The molecule has 0 unspecified atom stereocenters. The van der Waals surface area contributed by atoms with Gasteiger partial charge in [0.05, 0.1) is 5.02 Å². The van der Waals surface area contributed by atoms with Crippen LogP contribution in [-0.4, -0.2) is 15.3 Å². The van der Waals surface area contributed by atoms with Gasteiger partial charge in [0.2, 0.25) is 5.78 Å². The van der Waals surface area contributed by atoms with E-state index in [9.17, 15) is 9.18 Å². The van der Waals surface area contributed by atoms with E-state index in [0.717, 1.165) is 0 Å². The number of rotatable bonds is 3. The molecule has 0 saturated heterocycles. The van der Waals surface area contributed by atoms with E-state index in [1.165, 1.54) is 18.2 Å². The minimum absolute atomic E-state index is 0.0644. The first-order valence-corrected chi connectivity index (χ1v) is 5.52. The van der Waals surface area contributed by atoms with E-state index >= 15 is 0 Å². The summed E-state index contributed by atoms with van der Waals surface area (Å²) in [7, 11) is 0. The molecule has 0 amide bonds. The highest BCUT2D eigenvalue weighted by Gasteiger charge is 2.15. The van der Waals surface area contributed by atoms with E-state index in [2.05, 4.69) is 4.98 Å². The number of hydrogen-bond acceptors (Lipinski definition) is 2. The Kier molecular flexibility index (Phi) is 3.24. The van der Waals surface area contributed by atoms with E-state index in [1.807, 2.05) is 6.92 Å². The van der Waals surface area contributed by atoms with E-state index in [-0.39, 0.29) is 10.8 Å². The lowest BCUT2D eigenvalue weighted by Gasteiger charge is -2.04. The van der Waals surface area contributed by atoms with Crippen LogP contribution in [0.25, 0.3) is 0 Å². The van der Waals surface area contributed by atoms with E-state index in [4.69, 9.17) is 11.6 Å². The topological polar surface area (TPSA) is 34.9 Å². The van der Waals surface area contributed by atoms with Crippen LogP contribution in [0.4, 0.5) is 4.39 Å². The van der Waals surface area contributed by atoms with E-state index in [0.29, 0.717) is 17.9 Å². The van der Waals surface area contributed by atoms with Gasteiger partial charge < -0.3 is 4.57 Å². The van der Waals surface area contributed by atoms with Crippen molar-refractivity contribution < 1.29 is 9.18 Å². The highest BCUT2D eigenvalue weighted by atomic mass is 35.5. The molecule has 0 N–H and O–H groups in total. The first-order chi connectivity index (χ1) is 8.13. The predicted molar refractivity (Wildman–Crippen MR) is 62.7 cm³/mol. The normalized spacial score (nSPS) is 10.5. The van der Waals surface area contributed by atoms with Crippen LogP contribution < -0.4 is 0 Å². The molecule has 2 aromatic rings. The maximum Gasteiger partial charge on any atom is 0.228 e. The zero-order valence-corrected chi connectivity index (χ0v) is 9.91. The Morgan fingerprint density at radius 2 is 2.29 bits per heavy atom. The molecule has 0 spiro atoms. The fourth-order valence-corrected chi connectivity index (χ4v) is 1.72. The molecular formula is C12H10ClFN2O. The zero-order valence-electron chi connectivity index (χ0n) is 9.15. The fraction of sp³-hybridized carbons (Fsp3) is 0.167. The van der Waals surface area contributed by atoms with Crippen LogP contribution in [0.1, 0.15) is 23.1 Å². The maximum atomic E-state index is 13.0. The molecule has 0 saturated carbocycles. The van der Waals surface area contributed by atoms with Gasteiger partial charge in [0.1, 0.15) is 5.82 Å². The summed E-state index contributed by atoms with van der Waals surface area (Å²) >= 11 is 5.64. The summed E-state index contributed by atoms with van der Waals surface area (Å²) in [6.45, 7) is 2.56. The van der Waals surface area contributed by atoms with Crippen LogP contribution in [0.5, 0.6) is 0 Å². The maximum absolute atomic E-state index is 13.0. The quantitative estimate of drug-likeness (QED) is 0.788. The van der Waals surface area contributed by atoms with Gasteiger partial charge in [0, 0.05) is 24.5 Å². The second kappa shape index (κ2) is 4.67. The van der Waals surface area contributed by atoms with Gasteiger partial charge in [-0.05, 0) is 25.1 Å². The number of aromatic nitrogens is 2. The third-order valence-corrected chi connectivity index (χ3v) is 2.73. The van der Waals surface area contributed by atoms with Crippen molar-refractivity contribution in [2.24, 2.45) is 0 Å². The Hall–Kier alpha value is -1.68. The highest BCUT2D eigenvalue weighted by molar-refractivity contribution is 6.31. The molecular weight excluding hydrogens is 243 g/mol. The molecule has 17 heavy (non-hydrogen) atoms. The number of nitrogens with zero attached hydrogens (tertiary/aromatic N) is 2. The molecule has 3 nitrogen and oxygen atoms in total. The van der Waals surface area contributed by atoms with Crippen molar-refractivity contribution in [2.75, 3.05) is 0 Å². The third kappa shape index (κ3) is 2.22. The molecule has 1 aromatic heterocycles. The van der Waals surface area contributed by atoms with E-state index < -0.39 is 5.82 Å². The molecule has 0 radical (unpaired) electrons. The minimum Gasteiger partial charge on any atom is -0.328 e. The van der Waals surface area contributed by atoms with E-state index in [1.54, 1.807) is 17.0 Å². The Balaban J connectivity index is 2.40. The number of hydrogen-bond donors (Lipinski definition) is 0. The lowest BCUT2D eigenvalue weighted by molar-refractivity contribution is 0.102. The number of ketones is 1. The zero-order chi connectivity index (χ0) is 12.4. The van der Waals surface area contributed by atoms with Crippen molar-refractivity contribution in [3.05, 3.63) is 52.8 Å². The van der Waals surface area contributed by atoms with Gasteiger partial charge in [0.15, 0.2) is 5.82 Å². The van der Waals surface area contributed by atoms with Crippen molar-refractivity contribution in [1.82, 2.24) is 9.55 Å². The molecule has 5 heteroatoms. The van der Waals surface area contributed by atoms with Crippen LogP contribution in [0.2, 0.25) is 5.02 Å². The molecule has 0 aliphatic rings. The minimum atomic E-state index is -0.540. The summed E-state index contributed by atoms with van der Waals surface area (Å²) in [6.07, 6.45) is 3.28. The Morgan fingerprint density at radius 3 is 2.94 bits per heavy atom. The molecule has 1 aromatic carbocycles. The first kappa shape index (κ1) is 11.8. The lowest BCUT2D eigenvalue weighted by Crippen LogP contribution is -2.10. The second-order valence-corrected chi connectivity index (χ2v) is 3.90. The van der Waals surface area contributed by atoms with Crippen molar-refractivity contribution in [2.45, 2.75) is 13.5 Å². The number of aryl methyl sites for hydroxylation is 1. The molecule has 1 heterocycles. The van der Waals surface area contributed by atoms with Gasteiger partial charge in [0.25, 0.3) is 0 Å². The summed E-state index contributed by atoms with van der Waals surface area (Å²) in [5.74, 6) is -0.476. The smallest absolute Gasteiger partial charge is 0.228 e. The molecule has 88 valence electrons. The van der Waals surface area contributed by atoms with Gasteiger partial charge in [-0.3, -0.25) is 4.79 Å². The Bertz CT molecular complexity index is 565. The molecule has 2 rings (SSSR count). The number of imidazole rings is 1. The van der Waals surface area contributed by atoms with Crippen molar-refractivity contribution in [3.63, 3.8) is 0 Å². The first-order valence-electron chi connectivity index (χ1n) is 5.14. The van der Waals surface area contributed by atoms with Crippen LogP contribution in [0.15, 0.2) is 30.6 Å². The molecule has 0 bridgehead atoms.